The molecule has 0 bridgehead atoms. The fraction of sp³-hybridized carbons (Fsp3) is 0.0769. The highest BCUT2D eigenvalue weighted by Crippen LogP contribution is 2.37. The molecule has 19 heavy (non-hydrogen) atoms. The van der Waals surface area contributed by atoms with E-state index in [9.17, 15) is 13.2 Å². The van der Waals surface area contributed by atoms with Crippen molar-refractivity contribution in [3.63, 3.8) is 0 Å². The van der Waals surface area contributed by atoms with Crippen molar-refractivity contribution in [3.8, 4) is 0 Å². The molecule has 0 aliphatic rings. The maximum atomic E-state index is 12.9. The molecule has 0 unspecified atom stereocenters. The van der Waals surface area contributed by atoms with Crippen LogP contribution in [0.15, 0.2) is 46.9 Å². The first-order chi connectivity index (χ1) is 8.86. The van der Waals surface area contributed by atoms with Gasteiger partial charge < -0.3 is 11.1 Å². The number of rotatable bonds is 2. The van der Waals surface area contributed by atoms with E-state index in [0.717, 1.165) is 6.07 Å². The number of hydrogen-bond donors (Lipinski definition) is 2. The van der Waals surface area contributed by atoms with Gasteiger partial charge in [0.05, 0.1) is 11.3 Å². The third-order valence-corrected chi connectivity index (χ3v) is 2.95. The molecule has 0 amide bonds. The molecular weight excluding hydrogens is 321 g/mol. The molecule has 0 aliphatic heterocycles. The van der Waals surface area contributed by atoms with Gasteiger partial charge in [-0.1, -0.05) is 22.0 Å². The average Bonchev–Trinajstić information content (AvgIpc) is 2.27. The molecule has 0 radical (unpaired) electrons. The third kappa shape index (κ3) is 3.41. The molecule has 3 N–H and O–H groups in total. The molecule has 0 fully saturated rings. The average molecular weight is 331 g/mol. The molecule has 6 heteroatoms. The van der Waals surface area contributed by atoms with Crippen LogP contribution < -0.4 is 11.1 Å². The highest BCUT2D eigenvalue weighted by Gasteiger charge is 2.33. The molecule has 0 heterocycles. The molecule has 0 saturated carbocycles. The standard InChI is InChI=1S/C13H10BrF3N2/c14-8-4-5-11(13(15,16)17)12(6-8)19-10-3-1-2-9(18)7-10/h1-7,19H,18H2. The van der Waals surface area contributed by atoms with Gasteiger partial charge in [0.2, 0.25) is 0 Å². The summed E-state index contributed by atoms with van der Waals surface area (Å²) in [7, 11) is 0. The summed E-state index contributed by atoms with van der Waals surface area (Å²) in [5, 5.41) is 2.73. The molecule has 2 nitrogen and oxygen atoms in total. The van der Waals surface area contributed by atoms with Crippen molar-refractivity contribution in [1.82, 2.24) is 0 Å². The number of halogens is 4. The molecule has 0 spiro atoms. The zero-order valence-electron chi connectivity index (χ0n) is 9.63. The summed E-state index contributed by atoms with van der Waals surface area (Å²) >= 11 is 3.16. The Morgan fingerprint density at radius 3 is 2.42 bits per heavy atom. The first kappa shape index (κ1) is 13.7. The van der Waals surface area contributed by atoms with Crippen LogP contribution in [0.4, 0.5) is 30.2 Å². The van der Waals surface area contributed by atoms with Crippen molar-refractivity contribution < 1.29 is 13.2 Å². The van der Waals surface area contributed by atoms with E-state index >= 15 is 0 Å². The quantitative estimate of drug-likeness (QED) is 0.776. The lowest BCUT2D eigenvalue weighted by Gasteiger charge is -2.15. The lowest BCUT2D eigenvalue weighted by Crippen LogP contribution is -2.08. The first-order valence-electron chi connectivity index (χ1n) is 5.35. The van der Waals surface area contributed by atoms with Crippen LogP contribution >= 0.6 is 15.9 Å². The molecule has 100 valence electrons. The fourth-order valence-corrected chi connectivity index (χ4v) is 2.00. The van der Waals surface area contributed by atoms with Gasteiger partial charge in [0.25, 0.3) is 0 Å². The van der Waals surface area contributed by atoms with Crippen molar-refractivity contribution in [2.45, 2.75) is 6.18 Å². The Morgan fingerprint density at radius 1 is 1.05 bits per heavy atom. The van der Waals surface area contributed by atoms with Crippen LogP contribution in [0, 0.1) is 0 Å². The molecular formula is C13H10BrF3N2. The second-order valence-electron chi connectivity index (χ2n) is 3.94. The van der Waals surface area contributed by atoms with Crippen LogP contribution in [0.25, 0.3) is 0 Å². The van der Waals surface area contributed by atoms with E-state index in [1.165, 1.54) is 12.1 Å². The summed E-state index contributed by atoms with van der Waals surface area (Å²) in [6, 6.07) is 10.3. The number of nitrogens with one attached hydrogen (secondary N) is 1. The molecule has 0 aliphatic carbocycles. The predicted octanol–water partition coefficient (Wildman–Crippen LogP) is 4.79. The lowest BCUT2D eigenvalue weighted by atomic mass is 10.1. The zero-order valence-corrected chi connectivity index (χ0v) is 11.2. The van der Waals surface area contributed by atoms with E-state index in [0.29, 0.717) is 15.8 Å². The normalized spacial score (nSPS) is 11.4. The largest absolute Gasteiger partial charge is 0.418 e. The van der Waals surface area contributed by atoms with Gasteiger partial charge in [0, 0.05) is 15.8 Å². The minimum atomic E-state index is -4.41. The number of benzene rings is 2. The van der Waals surface area contributed by atoms with Gasteiger partial charge in [-0.2, -0.15) is 13.2 Å². The number of nitrogen functional groups attached to an aromatic ring is 1. The number of nitrogens with two attached hydrogens (primary N) is 1. The van der Waals surface area contributed by atoms with Crippen LogP contribution in [0.5, 0.6) is 0 Å². The van der Waals surface area contributed by atoms with Crippen molar-refractivity contribution in [1.29, 1.82) is 0 Å². The Hall–Kier alpha value is -1.69. The van der Waals surface area contributed by atoms with Crippen LogP contribution in [-0.4, -0.2) is 0 Å². The van der Waals surface area contributed by atoms with Crippen molar-refractivity contribution >= 4 is 33.0 Å². The third-order valence-electron chi connectivity index (χ3n) is 2.45. The molecule has 2 aromatic rings. The summed E-state index contributed by atoms with van der Waals surface area (Å²) < 4.78 is 39.2. The van der Waals surface area contributed by atoms with E-state index in [2.05, 4.69) is 21.2 Å². The lowest BCUT2D eigenvalue weighted by molar-refractivity contribution is -0.136. The van der Waals surface area contributed by atoms with Crippen molar-refractivity contribution in [2.75, 3.05) is 11.1 Å². The van der Waals surface area contributed by atoms with Gasteiger partial charge in [-0.15, -0.1) is 0 Å². The van der Waals surface area contributed by atoms with Gasteiger partial charge in [-0.3, -0.25) is 0 Å². The minimum Gasteiger partial charge on any atom is -0.399 e. The second-order valence-corrected chi connectivity index (χ2v) is 4.85. The van der Waals surface area contributed by atoms with Gasteiger partial charge >= 0.3 is 6.18 Å². The number of anilines is 3. The number of hydrogen-bond acceptors (Lipinski definition) is 2. The summed E-state index contributed by atoms with van der Waals surface area (Å²) in [5.74, 6) is 0. The molecule has 0 atom stereocenters. The van der Waals surface area contributed by atoms with Crippen LogP contribution in [0.3, 0.4) is 0 Å². The van der Waals surface area contributed by atoms with Crippen molar-refractivity contribution in [3.05, 3.63) is 52.5 Å². The van der Waals surface area contributed by atoms with E-state index < -0.39 is 11.7 Å². The molecule has 2 aromatic carbocycles. The maximum absolute atomic E-state index is 12.9. The van der Waals surface area contributed by atoms with Crippen LogP contribution in [-0.2, 0) is 6.18 Å². The highest BCUT2D eigenvalue weighted by atomic mass is 79.9. The highest BCUT2D eigenvalue weighted by molar-refractivity contribution is 9.10. The Bertz CT molecular complexity index is 597. The van der Waals surface area contributed by atoms with Gasteiger partial charge in [0.15, 0.2) is 0 Å². The van der Waals surface area contributed by atoms with Gasteiger partial charge in [0.1, 0.15) is 0 Å². The Balaban J connectivity index is 2.41. The topological polar surface area (TPSA) is 38.0 Å². The van der Waals surface area contributed by atoms with E-state index in [4.69, 9.17) is 5.73 Å². The monoisotopic (exact) mass is 330 g/mol. The SMILES string of the molecule is Nc1cccc(Nc2cc(Br)ccc2C(F)(F)F)c1. The first-order valence-corrected chi connectivity index (χ1v) is 6.15. The summed E-state index contributed by atoms with van der Waals surface area (Å²) in [6.07, 6.45) is -4.41. The smallest absolute Gasteiger partial charge is 0.399 e. The van der Waals surface area contributed by atoms with E-state index in [-0.39, 0.29) is 5.69 Å². The van der Waals surface area contributed by atoms with Gasteiger partial charge in [-0.25, -0.2) is 0 Å². The fourth-order valence-electron chi connectivity index (χ4n) is 1.64. The number of alkyl halides is 3. The molecule has 0 aromatic heterocycles. The van der Waals surface area contributed by atoms with Crippen molar-refractivity contribution in [2.24, 2.45) is 0 Å². The van der Waals surface area contributed by atoms with E-state index in [1.807, 2.05) is 0 Å². The zero-order chi connectivity index (χ0) is 14.0. The summed E-state index contributed by atoms with van der Waals surface area (Å²) in [5.41, 5.74) is 5.83. The Morgan fingerprint density at radius 2 is 1.79 bits per heavy atom. The maximum Gasteiger partial charge on any atom is 0.418 e. The van der Waals surface area contributed by atoms with Crippen LogP contribution in [0.2, 0.25) is 0 Å². The Kier molecular flexibility index (Phi) is 3.71. The van der Waals surface area contributed by atoms with Gasteiger partial charge in [-0.05, 0) is 36.4 Å². The molecule has 0 saturated heterocycles. The minimum absolute atomic E-state index is 0.0209. The van der Waals surface area contributed by atoms with Crippen LogP contribution in [0.1, 0.15) is 5.56 Å². The van der Waals surface area contributed by atoms with E-state index in [1.54, 1.807) is 24.3 Å². The predicted molar refractivity (Wildman–Crippen MR) is 73.3 cm³/mol. The summed E-state index contributed by atoms with van der Waals surface area (Å²) in [4.78, 5) is 0. The second kappa shape index (κ2) is 5.13. The Labute approximate surface area is 116 Å². The summed E-state index contributed by atoms with van der Waals surface area (Å²) in [6.45, 7) is 0. The molecule has 2 rings (SSSR count).